The second-order valence-corrected chi connectivity index (χ2v) is 4.22. The first-order valence-electron chi connectivity index (χ1n) is 4.56. The van der Waals surface area contributed by atoms with Crippen LogP contribution < -0.4 is 10.1 Å². The van der Waals surface area contributed by atoms with E-state index in [-0.39, 0.29) is 12.5 Å². The standard InChI is InChI=1S/C10H10BrNO3/c11-7-2-1-3-8-10(7)15-5-6(12-8)4-9(13)14/h1-3,6,12H,4-5H2,(H,13,14). The van der Waals surface area contributed by atoms with Crippen LogP contribution in [0.15, 0.2) is 22.7 Å². The number of carbonyl (C=O) groups is 1. The van der Waals surface area contributed by atoms with Gasteiger partial charge in [-0.05, 0) is 28.1 Å². The predicted molar refractivity (Wildman–Crippen MR) is 59.3 cm³/mol. The van der Waals surface area contributed by atoms with Crippen LogP contribution in [0, 0.1) is 0 Å². The Balaban J connectivity index is 2.17. The Morgan fingerprint density at radius 1 is 1.67 bits per heavy atom. The molecule has 15 heavy (non-hydrogen) atoms. The Kier molecular flexibility index (Phi) is 2.81. The van der Waals surface area contributed by atoms with Crippen molar-refractivity contribution >= 4 is 27.6 Å². The molecule has 80 valence electrons. The van der Waals surface area contributed by atoms with Crippen LogP contribution in [-0.2, 0) is 4.79 Å². The van der Waals surface area contributed by atoms with E-state index in [2.05, 4.69) is 21.2 Å². The fraction of sp³-hybridized carbons (Fsp3) is 0.300. The van der Waals surface area contributed by atoms with Gasteiger partial charge in [-0.1, -0.05) is 6.07 Å². The Bertz CT molecular complexity index is 394. The van der Waals surface area contributed by atoms with Crippen LogP contribution in [0.5, 0.6) is 5.75 Å². The number of hydrogen-bond donors (Lipinski definition) is 2. The van der Waals surface area contributed by atoms with Gasteiger partial charge in [0.1, 0.15) is 6.61 Å². The normalized spacial score (nSPS) is 18.6. The molecule has 1 heterocycles. The van der Waals surface area contributed by atoms with Gasteiger partial charge in [0, 0.05) is 0 Å². The van der Waals surface area contributed by atoms with E-state index in [0.717, 1.165) is 15.9 Å². The maximum Gasteiger partial charge on any atom is 0.305 e. The molecule has 0 bridgehead atoms. The molecule has 0 aromatic heterocycles. The molecule has 1 aliphatic rings. The summed E-state index contributed by atoms with van der Waals surface area (Å²) in [5.74, 6) is -0.0753. The average Bonchev–Trinajstić information content (AvgIpc) is 2.17. The first-order chi connectivity index (χ1) is 7.16. The topological polar surface area (TPSA) is 58.6 Å². The van der Waals surface area contributed by atoms with Crippen molar-refractivity contribution in [2.45, 2.75) is 12.5 Å². The molecule has 0 amide bonds. The number of carboxylic acids is 1. The van der Waals surface area contributed by atoms with E-state index in [1.54, 1.807) is 0 Å². The van der Waals surface area contributed by atoms with Crippen LogP contribution in [0.2, 0.25) is 0 Å². The first kappa shape index (κ1) is 10.3. The minimum absolute atomic E-state index is 0.0615. The summed E-state index contributed by atoms with van der Waals surface area (Å²) < 4.78 is 6.37. The predicted octanol–water partition coefficient (Wildman–Crippen LogP) is 2.10. The number of fused-ring (bicyclic) bond motifs is 1. The van der Waals surface area contributed by atoms with Crippen LogP contribution in [0.4, 0.5) is 5.69 Å². The molecule has 2 N–H and O–H groups in total. The molecule has 0 saturated carbocycles. The van der Waals surface area contributed by atoms with Gasteiger partial charge in [0.25, 0.3) is 0 Å². The third-order valence-corrected chi connectivity index (χ3v) is 2.80. The zero-order valence-electron chi connectivity index (χ0n) is 7.87. The monoisotopic (exact) mass is 271 g/mol. The number of para-hydroxylation sites is 1. The Morgan fingerprint density at radius 3 is 3.20 bits per heavy atom. The quantitative estimate of drug-likeness (QED) is 0.865. The molecule has 0 fully saturated rings. The molecule has 4 nitrogen and oxygen atoms in total. The van der Waals surface area contributed by atoms with Gasteiger partial charge in [-0.25, -0.2) is 0 Å². The summed E-state index contributed by atoms with van der Waals surface area (Å²) in [6.07, 6.45) is 0.0615. The molecule has 1 atom stereocenters. The number of carboxylic acid groups (broad SMARTS) is 1. The third kappa shape index (κ3) is 2.23. The van der Waals surface area contributed by atoms with Crippen molar-refractivity contribution in [2.75, 3.05) is 11.9 Å². The van der Waals surface area contributed by atoms with Gasteiger partial charge in [-0.3, -0.25) is 4.79 Å². The second kappa shape index (κ2) is 4.10. The lowest BCUT2D eigenvalue weighted by Crippen LogP contribution is -2.33. The van der Waals surface area contributed by atoms with Crippen LogP contribution in [-0.4, -0.2) is 23.7 Å². The van der Waals surface area contributed by atoms with E-state index in [1.807, 2.05) is 18.2 Å². The van der Waals surface area contributed by atoms with Crippen LogP contribution in [0.3, 0.4) is 0 Å². The van der Waals surface area contributed by atoms with Crippen molar-refractivity contribution in [2.24, 2.45) is 0 Å². The lowest BCUT2D eigenvalue weighted by molar-refractivity contribution is -0.137. The fourth-order valence-electron chi connectivity index (χ4n) is 1.54. The molecule has 0 radical (unpaired) electrons. The zero-order chi connectivity index (χ0) is 10.8. The highest BCUT2D eigenvalue weighted by molar-refractivity contribution is 9.10. The zero-order valence-corrected chi connectivity index (χ0v) is 9.45. The lowest BCUT2D eigenvalue weighted by Gasteiger charge is -2.27. The minimum Gasteiger partial charge on any atom is -0.488 e. The molecular weight excluding hydrogens is 262 g/mol. The van der Waals surface area contributed by atoms with Crippen LogP contribution >= 0.6 is 15.9 Å². The molecule has 2 rings (SSSR count). The highest BCUT2D eigenvalue weighted by atomic mass is 79.9. The molecular formula is C10H10BrNO3. The summed E-state index contributed by atoms with van der Waals surface area (Å²) in [5, 5.41) is 11.8. The highest BCUT2D eigenvalue weighted by Crippen LogP contribution is 2.36. The number of anilines is 1. The third-order valence-electron chi connectivity index (χ3n) is 2.18. The van der Waals surface area contributed by atoms with Crippen molar-refractivity contribution in [3.05, 3.63) is 22.7 Å². The first-order valence-corrected chi connectivity index (χ1v) is 5.36. The average molecular weight is 272 g/mol. The summed E-state index contributed by atoms with van der Waals surface area (Å²) in [5.41, 5.74) is 0.835. The Labute approximate surface area is 95.4 Å². The number of ether oxygens (including phenoxy) is 1. The second-order valence-electron chi connectivity index (χ2n) is 3.37. The van der Waals surface area contributed by atoms with E-state index in [9.17, 15) is 4.79 Å². The van der Waals surface area contributed by atoms with Gasteiger partial charge in [0.2, 0.25) is 0 Å². The van der Waals surface area contributed by atoms with E-state index < -0.39 is 5.97 Å². The van der Waals surface area contributed by atoms with Crippen molar-refractivity contribution in [3.63, 3.8) is 0 Å². The molecule has 1 aliphatic heterocycles. The minimum atomic E-state index is -0.824. The van der Waals surface area contributed by atoms with Gasteiger partial charge < -0.3 is 15.2 Å². The van der Waals surface area contributed by atoms with Crippen molar-refractivity contribution in [3.8, 4) is 5.75 Å². The fourth-order valence-corrected chi connectivity index (χ4v) is 2.02. The molecule has 1 aromatic carbocycles. The number of aliphatic carboxylic acids is 1. The molecule has 0 spiro atoms. The van der Waals surface area contributed by atoms with E-state index >= 15 is 0 Å². The van der Waals surface area contributed by atoms with Crippen LogP contribution in [0.1, 0.15) is 6.42 Å². The van der Waals surface area contributed by atoms with Crippen molar-refractivity contribution < 1.29 is 14.6 Å². The summed E-state index contributed by atoms with van der Waals surface area (Å²) in [6.45, 7) is 0.377. The Morgan fingerprint density at radius 2 is 2.47 bits per heavy atom. The Hall–Kier alpha value is -1.23. The van der Waals surface area contributed by atoms with Crippen molar-refractivity contribution in [1.82, 2.24) is 0 Å². The molecule has 0 aliphatic carbocycles. The van der Waals surface area contributed by atoms with E-state index in [4.69, 9.17) is 9.84 Å². The van der Waals surface area contributed by atoms with Gasteiger partial charge >= 0.3 is 5.97 Å². The highest BCUT2D eigenvalue weighted by Gasteiger charge is 2.22. The summed E-state index contributed by atoms with van der Waals surface area (Å²) in [7, 11) is 0. The molecule has 5 heteroatoms. The number of hydrogen-bond acceptors (Lipinski definition) is 3. The maximum absolute atomic E-state index is 10.5. The number of nitrogens with one attached hydrogen (secondary N) is 1. The number of halogens is 1. The van der Waals surface area contributed by atoms with Gasteiger partial charge in [0.15, 0.2) is 5.75 Å². The van der Waals surface area contributed by atoms with Gasteiger partial charge in [0.05, 0.1) is 22.6 Å². The lowest BCUT2D eigenvalue weighted by atomic mass is 10.1. The summed E-state index contributed by atoms with van der Waals surface area (Å²) >= 11 is 3.37. The SMILES string of the molecule is O=C(O)CC1COc2c(Br)cccc2N1. The molecule has 1 unspecified atom stereocenters. The number of benzene rings is 1. The number of rotatable bonds is 2. The van der Waals surface area contributed by atoms with Gasteiger partial charge in [-0.15, -0.1) is 0 Å². The van der Waals surface area contributed by atoms with E-state index in [0.29, 0.717) is 6.61 Å². The summed E-state index contributed by atoms with van der Waals surface area (Å²) in [4.78, 5) is 10.5. The smallest absolute Gasteiger partial charge is 0.305 e. The van der Waals surface area contributed by atoms with Crippen LogP contribution in [0.25, 0.3) is 0 Å². The van der Waals surface area contributed by atoms with E-state index in [1.165, 1.54) is 0 Å². The van der Waals surface area contributed by atoms with Gasteiger partial charge in [-0.2, -0.15) is 0 Å². The summed E-state index contributed by atoms with van der Waals surface area (Å²) in [6, 6.07) is 5.47. The maximum atomic E-state index is 10.5. The molecule has 1 aromatic rings. The largest absolute Gasteiger partial charge is 0.488 e. The molecule has 0 saturated heterocycles. The van der Waals surface area contributed by atoms with Crippen molar-refractivity contribution in [1.29, 1.82) is 0 Å².